The minimum absolute atomic E-state index is 0.176. The van der Waals surface area contributed by atoms with Crippen molar-refractivity contribution in [3.63, 3.8) is 0 Å². The lowest BCUT2D eigenvalue weighted by molar-refractivity contribution is 0.468. The molecule has 0 bridgehead atoms. The number of nitrogens with zero attached hydrogens (tertiary/aromatic N) is 8. The van der Waals surface area contributed by atoms with Crippen LogP contribution in [0.4, 0.5) is 5.82 Å². The van der Waals surface area contributed by atoms with Crippen molar-refractivity contribution >= 4 is 16.9 Å². The minimum Gasteiger partial charge on any atom is -0.341 e. The van der Waals surface area contributed by atoms with Crippen LogP contribution in [-0.4, -0.2) is 40.3 Å². The van der Waals surface area contributed by atoms with Crippen LogP contribution >= 0.6 is 0 Å². The van der Waals surface area contributed by atoms with Gasteiger partial charge in [-0.25, -0.2) is 9.97 Å². The molecule has 1 aliphatic heterocycles. The number of anilines is 1. The molecule has 0 amide bonds. The van der Waals surface area contributed by atoms with E-state index < -0.39 is 0 Å². The van der Waals surface area contributed by atoms with E-state index in [1.54, 1.807) is 12.7 Å². The Morgan fingerprint density at radius 1 is 1.03 bits per heavy atom. The smallest absolute Gasteiger partial charge is 0.237 e. The van der Waals surface area contributed by atoms with E-state index in [-0.39, 0.29) is 6.04 Å². The van der Waals surface area contributed by atoms with Crippen LogP contribution in [0.5, 0.6) is 0 Å². The highest BCUT2D eigenvalue weighted by molar-refractivity contribution is 5.76. The largest absolute Gasteiger partial charge is 0.341 e. The third kappa shape index (κ3) is 2.41. The first-order valence-electron chi connectivity index (χ1n) is 10.3. The fraction of sp³-hybridized carbons (Fsp3) is 0.381. The third-order valence-corrected chi connectivity index (χ3v) is 6.22. The van der Waals surface area contributed by atoms with Crippen molar-refractivity contribution in [2.75, 3.05) is 4.90 Å². The fourth-order valence-corrected chi connectivity index (χ4v) is 4.87. The molecule has 1 aliphatic carbocycles. The van der Waals surface area contributed by atoms with E-state index in [0.717, 1.165) is 34.8 Å². The van der Waals surface area contributed by atoms with Gasteiger partial charge in [-0.15, -0.1) is 10.2 Å². The first-order valence-corrected chi connectivity index (χ1v) is 10.3. The Morgan fingerprint density at radius 2 is 1.90 bits per heavy atom. The van der Waals surface area contributed by atoms with Gasteiger partial charge in [-0.3, -0.25) is 9.13 Å². The van der Waals surface area contributed by atoms with E-state index in [0.29, 0.717) is 12.0 Å². The van der Waals surface area contributed by atoms with E-state index in [1.165, 1.54) is 25.7 Å². The summed E-state index contributed by atoms with van der Waals surface area (Å²) in [5.41, 5.74) is 2.90. The summed E-state index contributed by atoms with van der Waals surface area (Å²) in [6.45, 7) is 2.21. The summed E-state index contributed by atoms with van der Waals surface area (Å²) in [4.78, 5) is 16.7. The summed E-state index contributed by atoms with van der Waals surface area (Å²) < 4.78 is 4.01. The molecule has 6 rings (SSSR count). The van der Waals surface area contributed by atoms with Crippen LogP contribution < -0.4 is 4.90 Å². The van der Waals surface area contributed by atoms with E-state index >= 15 is 0 Å². The van der Waals surface area contributed by atoms with Crippen molar-refractivity contribution in [2.24, 2.45) is 0 Å². The highest BCUT2D eigenvalue weighted by Gasteiger charge is 2.38. The van der Waals surface area contributed by atoms with Crippen LogP contribution in [-0.2, 0) is 0 Å². The molecule has 4 heterocycles. The number of hydrogen-bond donors (Lipinski definition) is 0. The number of benzene rings is 1. The summed E-state index contributed by atoms with van der Waals surface area (Å²) in [6.07, 6.45) is 11.4. The first kappa shape index (κ1) is 16.6. The van der Waals surface area contributed by atoms with Crippen LogP contribution in [0.15, 0.2) is 43.1 Å². The maximum absolute atomic E-state index is 5.07. The van der Waals surface area contributed by atoms with Gasteiger partial charge in [0.1, 0.15) is 18.3 Å². The molecule has 0 saturated heterocycles. The summed E-state index contributed by atoms with van der Waals surface area (Å²) >= 11 is 0. The molecule has 2 aliphatic rings. The number of para-hydroxylation sites is 2. The molecule has 1 aromatic carbocycles. The van der Waals surface area contributed by atoms with Crippen molar-refractivity contribution in [3.05, 3.63) is 48.9 Å². The monoisotopic (exact) mass is 386 g/mol. The number of hydrogen-bond acceptors (Lipinski definition) is 6. The Hall–Kier alpha value is -3.29. The molecule has 3 aromatic heterocycles. The fourth-order valence-electron chi connectivity index (χ4n) is 4.87. The zero-order valence-electron chi connectivity index (χ0n) is 16.3. The first-order chi connectivity index (χ1) is 14.3. The average molecular weight is 386 g/mol. The van der Waals surface area contributed by atoms with Crippen LogP contribution in [0.2, 0.25) is 0 Å². The Kier molecular flexibility index (Phi) is 3.65. The van der Waals surface area contributed by atoms with Crippen LogP contribution in [0.3, 0.4) is 0 Å². The van der Waals surface area contributed by atoms with Crippen molar-refractivity contribution < 1.29 is 0 Å². The van der Waals surface area contributed by atoms with Crippen molar-refractivity contribution in [1.82, 2.24) is 34.3 Å². The van der Waals surface area contributed by atoms with Gasteiger partial charge < -0.3 is 4.90 Å². The molecular formula is C21H22N8. The topological polar surface area (TPSA) is 77.5 Å². The van der Waals surface area contributed by atoms with Gasteiger partial charge in [-0.2, -0.15) is 4.98 Å². The third-order valence-electron chi connectivity index (χ3n) is 6.22. The van der Waals surface area contributed by atoms with Crippen LogP contribution in [0.25, 0.3) is 22.7 Å². The number of rotatable bonds is 3. The quantitative estimate of drug-likeness (QED) is 0.535. The molecule has 8 nitrogen and oxygen atoms in total. The van der Waals surface area contributed by atoms with Crippen LogP contribution in [0, 0.1) is 0 Å². The van der Waals surface area contributed by atoms with Crippen molar-refractivity contribution in [1.29, 1.82) is 0 Å². The van der Waals surface area contributed by atoms with Crippen molar-refractivity contribution in [3.8, 4) is 11.6 Å². The second-order valence-corrected chi connectivity index (χ2v) is 7.81. The molecule has 1 fully saturated rings. The molecular weight excluding hydrogens is 364 g/mol. The highest BCUT2D eigenvalue weighted by atomic mass is 15.4. The Morgan fingerprint density at radius 3 is 2.76 bits per heavy atom. The number of fused-ring (bicyclic) bond motifs is 4. The zero-order valence-corrected chi connectivity index (χ0v) is 16.3. The van der Waals surface area contributed by atoms with Gasteiger partial charge in [-0.1, -0.05) is 31.9 Å². The number of imidazole rings is 1. The molecule has 4 aromatic rings. The molecule has 146 valence electrons. The van der Waals surface area contributed by atoms with E-state index in [2.05, 4.69) is 32.0 Å². The molecule has 1 saturated carbocycles. The van der Waals surface area contributed by atoms with Gasteiger partial charge in [0, 0.05) is 6.04 Å². The predicted octanol–water partition coefficient (Wildman–Crippen LogP) is 3.61. The van der Waals surface area contributed by atoms with Gasteiger partial charge in [0.15, 0.2) is 11.6 Å². The normalized spacial score (nSPS) is 18.9. The summed E-state index contributed by atoms with van der Waals surface area (Å²) in [5, 5.41) is 8.63. The van der Waals surface area contributed by atoms with E-state index in [9.17, 15) is 0 Å². The lowest BCUT2D eigenvalue weighted by atomic mass is 10.0. The molecule has 0 spiro atoms. The maximum Gasteiger partial charge on any atom is 0.237 e. The molecule has 29 heavy (non-hydrogen) atoms. The average Bonchev–Trinajstić information content (AvgIpc) is 3.52. The second kappa shape index (κ2) is 6.37. The van der Waals surface area contributed by atoms with Gasteiger partial charge in [-0.05, 0) is 31.4 Å². The second-order valence-electron chi connectivity index (χ2n) is 7.81. The Bertz CT molecular complexity index is 1190. The van der Waals surface area contributed by atoms with E-state index in [1.807, 2.05) is 39.6 Å². The molecule has 8 heteroatoms. The minimum atomic E-state index is 0.176. The Balaban J connectivity index is 1.56. The lowest BCUT2D eigenvalue weighted by Crippen LogP contribution is -2.42. The molecule has 1 atom stereocenters. The zero-order chi connectivity index (χ0) is 19.4. The van der Waals surface area contributed by atoms with Gasteiger partial charge in [0.25, 0.3) is 0 Å². The predicted molar refractivity (Wildman–Crippen MR) is 109 cm³/mol. The van der Waals surface area contributed by atoms with E-state index in [4.69, 9.17) is 4.98 Å². The van der Waals surface area contributed by atoms with Gasteiger partial charge in [0.05, 0.1) is 23.3 Å². The van der Waals surface area contributed by atoms with Crippen molar-refractivity contribution in [2.45, 2.75) is 51.1 Å². The van der Waals surface area contributed by atoms with Crippen LogP contribution in [0.1, 0.15) is 50.9 Å². The summed E-state index contributed by atoms with van der Waals surface area (Å²) in [7, 11) is 0. The highest BCUT2D eigenvalue weighted by Crippen LogP contribution is 2.42. The standard InChI is InChI=1S/C21H22N8/c1-2-16-20-26-24-13-27(20)18-11-22-21(25-19(18)29(16)14-7-3-4-8-14)28-12-23-15-9-5-6-10-17(15)28/h5-6,9-14,16H,2-4,7-8H2,1H3/t16-/m1/s1. The lowest BCUT2D eigenvalue weighted by Gasteiger charge is -2.40. The SMILES string of the molecule is CC[C@@H]1c2nncn2-c2cnc(-n3cnc4ccccc43)nc2N1C1CCCC1. The summed E-state index contributed by atoms with van der Waals surface area (Å²) in [6, 6.07) is 8.72. The Labute approximate surface area is 168 Å². The van der Waals surface area contributed by atoms with Gasteiger partial charge in [0.2, 0.25) is 5.95 Å². The molecule has 0 N–H and O–H groups in total. The number of aromatic nitrogens is 7. The summed E-state index contributed by atoms with van der Waals surface area (Å²) in [5.74, 6) is 2.60. The molecule has 0 radical (unpaired) electrons. The van der Waals surface area contributed by atoms with Gasteiger partial charge >= 0.3 is 0 Å². The maximum atomic E-state index is 5.07. The molecule has 0 unspecified atom stereocenters.